The lowest BCUT2D eigenvalue weighted by atomic mass is 9.79. The monoisotopic (exact) mass is 453 g/mol. The second-order valence-corrected chi connectivity index (χ2v) is 10.8. The SMILES string of the molecule is CCOc1ccccc1CN(C(=S)Nc1cc(C)ccc1C)C1CC(C)(C)NC(C)(C)C1. The number of benzene rings is 2. The number of piperidine rings is 1. The van der Waals surface area contributed by atoms with E-state index in [1.165, 1.54) is 11.1 Å². The van der Waals surface area contributed by atoms with Gasteiger partial charge < -0.3 is 20.3 Å². The Hall–Kier alpha value is -2.11. The van der Waals surface area contributed by atoms with E-state index >= 15 is 0 Å². The molecule has 2 aromatic carbocycles. The number of anilines is 1. The summed E-state index contributed by atoms with van der Waals surface area (Å²) in [6.45, 7) is 16.8. The summed E-state index contributed by atoms with van der Waals surface area (Å²) < 4.78 is 5.94. The molecule has 2 aromatic rings. The summed E-state index contributed by atoms with van der Waals surface area (Å²) in [5.74, 6) is 0.932. The van der Waals surface area contributed by atoms with Crippen LogP contribution in [0.3, 0.4) is 0 Å². The zero-order valence-corrected chi connectivity index (χ0v) is 21.5. The molecule has 0 aliphatic carbocycles. The molecular weight excluding hydrogens is 414 g/mol. The van der Waals surface area contributed by atoms with Gasteiger partial charge in [0.05, 0.1) is 6.61 Å². The van der Waals surface area contributed by atoms with E-state index in [0.29, 0.717) is 19.2 Å². The Morgan fingerprint density at radius 1 is 1.09 bits per heavy atom. The van der Waals surface area contributed by atoms with Crippen molar-refractivity contribution in [2.24, 2.45) is 0 Å². The van der Waals surface area contributed by atoms with Gasteiger partial charge >= 0.3 is 0 Å². The molecule has 1 aliphatic heterocycles. The molecule has 0 radical (unpaired) electrons. The molecule has 0 spiro atoms. The average molecular weight is 454 g/mol. The summed E-state index contributed by atoms with van der Waals surface area (Å²) in [6, 6.07) is 15.1. The lowest BCUT2D eigenvalue weighted by molar-refractivity contribution is 0.101. The van der Waals surface area contributed by atoms with Crippen LogP contribution in [-0.4, -0.2) is 33.7 Å². The summed E-state index contributed by atoms with van der Waals surface area (Å²) in [5.41, 5.74) is 4.70. The molecule has 4 nitrogen and oxygen atoms in total. The van der Waals surface area contributed by atoms with Crippen molar-refractivity contribution in [3.8, 4) is 5.75 Å². The second kappa shape index (κ2) is 9.80. The fourth-order valence-corrected chi connectivity index (χ4v) is 5.35. The van der Waals surface area contributed by atoms with Gasteiger partial charge in [0.15, 0.2) is 5.11 Å². The topological polar surface area (TPSA) is 36.5 Å². The van der Waals surface area contributed by atoms with Gasteiger partial charge in [-0.2, -0.15) is 0 Å². The van der Waals surface area contributed by atoms with Crippen molar-refractivity contribution in [2.45, 2.75) is 85.0 Å². The van der Waals surface area contributed by atoms with E-state index in [1.54, 1.807) is 0 Å². The number of para-hydroxylation sites is 1. The number of rotatable bonds is 6. The molecule has 3 rings (SSSR count). The van der Waals surface area contributed by atoms with Crippen LogP contribution in [0.4, 0.5) is 5.69 Å². The Balaban J connectivity index is 1.95. The van der Waals surface area contributed by atoms with Crippen LogP contribution in [0.15, 0.2) is 42.5 Å². The molecule has 0 atom stereocenters. The van der Waals surface area contributed by atoms with Crippen molar-refractivity contribution in [2.75, 3.05) is 11.9 Å². The quantitative estimate of drug-likeness (QED) is 0.509. The van der Waals surface area contributed by atoms with Crippen LogP contribution in [0.2, 0.25) is 0 Å². The van der Waals surface area contributed by atoms with Gasteiger partial charge in [0, 0.05) is 34.9 Å². The number of aryl methyl sites for hydroxylation is 2. The molecule has 1 heterocycles. The number of hydrogen-bond donors (Lipinski definition) is 2. The highest BCUT2D eigenvalue weighted by Crippen LogP contribution is 2.34. The van der Waals surface area contributed by atoms with Crippen molar-refractivity contribution in [3.63, 3.8) is 0 Å². The van der Waals surface area contributed by atoms with E-state index in [9.17, 15) is 0 Å². The van der Waals surface area contributed by atoms with Crippen molar-refractivity contribution >= 4 is 23.0 Å². The van der Waals surface area contributed by atoms with Crippen molar-refractivity contribution in [3.05, 3.63) is 59.2 Å². The average Bonchev–Trinajstić information content (AvgIpc) is 2.67. The van der Waals surface area contributed by atoms with Gasteiger partial charge in [0.25, 0.3) is 0 Å². The molecule has 32 heavy (non-hydrogen) atoms. The van der Waals surface area contributed by atoms with Crippen LogP contribution in [0.1, 0.15) is 64.2 Å². The maximum atomic E-state index is 6.05. The Kier molecular flexibility index (Phi) is 7.51. The first-order valence-electron chi connectivity index (χ1n) is 11.6. The van der Waals surface area contributed by atoms with Crippen LogP contribution < -0.4 is 15.4 Å². The summed E-state index contributed by atoms with van der Waals surface area (Å²) in [4.78, 5) is 2.37. The predicted molar refractivity (Wildman–Crippen MR) is 140 cm³/mol. The Morgan fingerprint density at radius 2 is 1.75 bits per heavy atom. The van der Waals surface area contributed by atoms with Gasteiger partial charge in [0.1, 0.15) is 5.75 Å². The molecule has 0 saturated carbocycles. The highest BCUT2D eigenvalue weighted by Gasteiger charge is 2.40. The largest absolute Gasteiger partial charge is 0.494 e. The second-order valence-electron chi connectivity index (χ2n) is 10.4. The molecule has 1 saturated heterocycles. The van der Waals surface area contributed by atoms with Gasteiger partial charge in [-0.05, 0) is 96.8 Å². The lowest BCUT2D eigenvalue weighted by Gasteiger charge is -2.50. The fourth-order valence-electron chi connectivity index (χ4n) is 5.03. The van der Waals surface area contributed by atoms with E-state index in [0.717, 1.165) is 35.0 Å². The van der Waals surface area contributed by atoms with E-state index in [1.807, 2.05) is 13.0 Å². The predicted octanol–water partition coefficient (Wildman–Crippen LogP) is 6.21. The molecule has 0 amide bonds. The third kappa shape index (κ3) is 6.23. The molecule has 1 aliphatic rings. The van der Waals surface area contributed by atoms with Gasteiger partial charge in [-0.15, -0.1) is 0 Å². The van der Waals surface area contributed by atoms with E-state index in [4.69, 9.17) is 17.0 Å². The van der Waals surface area contributed by atoms with E-state index in [-0.39, 0.29) is 11.1 Å². The third-order valence-corrected chi connectivity index (χ3v) is 6.45. The molecule has 1 fully saturated rings. The highest BCUT2D eigenvalue weighted by atomic mass is 32.1. The van der Waals surface area contributed by atoms with Crippen LogP contribution >= 0.6 is 12.2 Å². The minimum absolute atomic E-state index is 0.0268. The number of ether oxygens (including phenoxy) is 1. The zero-order chi connectivity index (χ0) is 23.5. The third-order valence-electron chi connectivity index (χ3n) is 6.12. The molecule has 5 heteroatoms. The maximum Gasteiger partial charge on any atom is 0.173 e. The summed E-state index contributed by atoms with van der Waals surface area (Å²) in [6.07, 6.45) is 2.03. The Bertz CT molecular complexity index is 938. The number of nitrogens with zero attached hydrogens (tertiary/aromatic N) is 1. The minimum atomic E-state index is 0.0268. The maximum absolute atomic E-state index is 6.05. The van der Waals surface area contributed by atoms with Crippen molar-refractivity contribution in [1.29, 1.82) is 0 Å². The van der Waals surface area contributed by atoms with Crippen LogP contribution in [0.5, 0.6) is 5.75 Å². The Morgan fingerprint density at radius 3 is 2.41 bits per heavy atom. The normalized spacial score (nSPS) is 17.6. The Labute approximate surface area is 199 Å². The fraction of sp³-hybridized carbons (Fsp3) is 0.519. The first kappa shape index (κ1) is 24.5. The highest BCUT2D eigenvalue weighted by molar-refractivity contribution is 7.80. The molecule has 174 valence electrons. The van der Waals surface area contributed by atoms with Gasteiger partial charge in [0.2, 0.25) is 0 Å². The smallest absolute Gasteiger partial charge is 0.173 e. The van der Waals surface area contributed by atoms with Crippen LogP contribution in [-0.2, 0) is 6.54 Å². The van der Waals surface area contributed by atoms with Gasteiger partial charge in [-0.1, -0.05) is 30.3 Å². The van der Waals surface area contributed by atoms with Gasteiger partial charge in [-0.3, -0.25) is 0 Å². The summed E-state index contributed by atoms with van der Waals surface area (Å²) in [5, 5.41) is 8.14. The van der Waals surface area contributed by atoms with Crippen molar-refractivity contribution in [1.82, 2.24) is 10.2 Å². The summed E-state index contributed by atoms with van der Waals surface area (Å²) in [7, 11) is 0. The lowest BCUT2D eigenvalue weighted by Crippen LogP contribution is -2.63. The standard InChI is InChI=1S/C27H39N3OS/c1-8-31-24-12-10-9-11-21(24)18-30(22-16-26(4,5)29-27(6,7)17-22)25(32)28-23-15-19(2)13-14-20(23)3/h9-15,22,29H,8,16-18H2,1-7H3,(H,28,32). The van der Waals surface area contributed by atoms with Crippen molar-refractivity contribution < 1.29 is 4.74 Å². The molecule has 0 bridgehead atoms. The first-order valence-corrected chi connectivity index (χ1v) is 12.1. The molecule has 2 N–H and O–H groups in total. The van der Waals surface area contributed by atoms with Crippen LogP contribution in [0, 0.1) is 13.8 Å². The zero-order valence-electron chi connectivity index (χ0n) is 20.7. The minimum Gasteiger partial charge on any atom is -0.494 e. The molecule has 0 aromatic heterocycles. The van der Waals surface area contributed by atoms with E-state index < -0.39 is 0 Å². The number of hydrogen-bond acceptors (Lipinski definition) is 3. The summed E-state index contributed by atoms with van der Waals surface area (Å²) >= 11 is 6.05. The molecular formula is C27H39N3OS. The van der Waals surface area contributed by atoms with E-state index in [2.05, 4.69) is 93.5 Å². The molecule has 0 unspecified atom stereocenters. The van der Waals surface area contributed by atoms with Crippen LogP contribution in [0.25, 0.3) is 0 Å². The number of nitrogens with one attached hydrogen (secondary N) is 2. The van der Waals surface area contributed by atoms with Gasteiger partial charge in [-0.25, -0.2) is 0 Å². The first-order chi connectivity index (χ1) is 15.0. The number of thiocarbonyl (C=S) groups is 1.